The summed E-state index contributed by atoms with van der Waals surface area (Å²) in [4.78, 5) is 12.7. The van der Waals surface area contributed by atoms with Gasteiger partial charge in [0.2, 0.25) is 0 Å². The highest BCUT2D eigenvalue weighted by molar-refractivity contribution is 5.85. The summed E-state index contributed by atoms with van der Waals surface area (Å²) >= 11 is 0. The summed E-state index contributed by atoms with van der Waals surface area (Å²) in [5.41, 5.74) is 2.16. The number of carboxylic acids is 1. The van der Waals surface area contributed by atoms with Gasteiger partial charge in [-0.05, 0) is 30.3 Å². The first kappa shape index (κ1) is 13.5. The number of hydrogen-bond donors (Lipinski definition) is 1. The van der Waals surface area contributed by atoms with Crippen molar-refractivity contribution in [3.05, 3.63) is 41.5 Å². The molecule has 3 nitrogen and oxygen atoms in total. The van der Waals surface area contributed by atoms with E-state index in [2.05, 4.69) is 18.7 Å². The Morgan fingerprint density at radius 1 is 1.24 bits per heavy atom. The van der Waals surface area contributed by atoms with E-state index >= 15 is 0 Å². The molecule has 0 saturated heterocycles. The summed E-state index contributed by atoms with van der Waals surface area (Å²) in [6.07, 6.45) is 2.75. The molecule has 0 aliphatic heterocycles. The van der Waals surface area contributed by atoms with Gasteiger partial charge in [-0.3, -0.25) is 4.90 Å². The fourth-order valence-corrected chi connectivity index (χ4v) is 1.61. The number of carboxylic acid groups (broad SMARTS) is 1. The molecule has 92 valence electrons. The SMILES string of the molecule is CCN(CC)Cc1ccc(/C=C/C(=O)O)cc1. The van der Waals surface area contributed by atoms with Crippen molar-refractivity contribution in [1.29, 1.82) is 0 Å². The van der Waals surface area contributed by atoms with Gasteiger partial charge in [-0.1, -0.05) is 38.1 Å². The Bertz CT molecular complexity index is 378. The molecule has 0 heterocycles. The molecule has 0 aromatic heterocycles. The van der Waals surface area contributed by atoms with Crippen LogP contribution >= 0.6 is 0 Å². The Hall–Kier alpha value is -1.61. The summed E-state index contributed by atoms with van der Waals surface area (Å²) in [5.74, 6) is -0.919. The van der Waals surface area contributed by atoms with Crippen LogP contribution in [0.3, 0.4) is 0 Å². The maximum absolute atomic E-state index is 10.4. The van der Waals surface area contributed by atoms with Crippen LogP contribution in [-0.2, 0) is 11.3 Å². The molecule has 0 bridgehead atoms. The Balaban J connectivity index is 2.64. The van der Waals surface area contributed by atoms with Gasteiger partial charge in [0.1, 0.15) is 0 Å². The zero-order valence-corrected chi connectivity index (χ0v) is 10.4. The van der Waals surface area contributed by atoms with Crippen molar-refractivity contribution < 1.29 is 9.90 Å². The van der Waals surface area contributed by atoms with Gasteiger partial charge in [0.25, 0.3) is 0 Å². The number of benzene rings is 1. The van der Waals surface area contributed by atoms with E-state index in [1.165, 1.54) is 5.56 Å². The van der Waals surface area contributed by atoms with Gasteiger partial charge >= 0.3 is 5.97 Å². The number of aliphatic carboxylic acids is 1. The molecule has 0 aliphatic rings. The smallest absolute Gasteiger partial charge is 0.328 e. The standard InChI is InChI=1S/C14H19NO2/c1-3-15(4-2)11-13-7-5-12(6-8-13)9-10-14(16)17/h5-10H,3-4,11H2,1-2H3,(H,16,17)/b10-9+. The van der Waals surface area contributed by atoms with Crippen molar-refractivity contribution in [2.24, 2.45) is 0 Å². The van der Waals surface area contributed by atoms with Crippen molar-refractivity contribution in [3.8, 4) is 0 Å². The molecule has 0 unspecified atom stereocenters. The fourth-order valence-electron chi connectivity index (χ4n) is 1.61. The zero-order valence-electron chi connectivity index (χ0n) is 10.4. The van der Waals surface area contributed by atoms with Crippen LogP contribution in [0.4, 0.5) is 0 Å². The number of nitrogens with zero attached hydrogens (tertiary/aromatic N) is 1. The maximum atomic E-state index is 10.4. The topological polar surface area (TPSA) is 40.5 Å². The Kier molecular flexibility index (Phi) is 5.43. The van der Waals surface area contributed by atoms with Crippen LogP contribution in [0.2, 0.25) is 0 Å². The highest BCUT2D eigenvalue weighted by Crippen LogP contribution is 2.08. The van der Waals surface area contributed by atoms with E-state index in [9.17, 15) is 4.79 Å². The monoisotopic (exact) mass is 233 g/mol. The van der Waals surface area contributed by atoms with Crippen LogP contribution in [-0.4, -0.2) is 29.1 Å². The van der Waals surface area contributed by atoms with E-state index in [0.29, 0.717) is 0 Å². The van der Waals surface area contributed by atoms with Crippen molar-refractivity contribution >= 4 is 12.0 Å². The minimum atomic E-state index is -0.919. The first-order chi connectivity index (χ1) is 8.15. The lowest BCUT2D eigenvalue weighted by molar-refractivity contribution is -0.131. The summed E-state index contributed by atoms with van der Waals surface area (Å²) in [6.45, 7) is 7.31. The van der Waals surface area contributed by atoms with Gasteiger partial charge in [-0.25, -0.2) is 4.79 Å². The summed E-state index contributed by atoms with van der Waals surface area (Å²) in [6, 6.07) is 7.97. The second-order valence-corrected chi connectivity index (χ2v) is 3.87. The molecule has 1 aromatic rings. The molecule has 1 aromatic carbocycles. The molecular weight excluding hydrogens is 214 g/mol. The van der Waals surface area contributed by atoms with E-state index in [1.807, 2.05) is 24.3 Å². The minimum absolute atomic E-state index is 0.913. The molecule has 0 amide bonds. The lowest BCUT2D eigenvalue weighted by Gasteiger charge is -2.17. The molecule has 0 saturated carbocycles. The van der Waals surface area contributed by atoms with Crippen molar-refractivity contribution in [2.45, 2.75) is 20.4 Å². The van der Waals surface area contributed by atoms with Gasteiger partial charge in [0, 0.05) is 12.6 Å². The van der Waals surface area contributed by atoms with Crippen LogP contribution < -0.4 is 0 Å². The average Bonchev–Trinajstić information content (AvgIpc) is 2.34. The first-order valence-corrected chi connectivity index (χ1v) is 5.88. The second-order valence-electron chi connectivity index (χ2n) is 3.87. The van der Waals surface area contributed by atoms with Gasteiger partial charge in [0.15, 0.2) is 0 Å². The Labute approximate surface area is 102 Å². The van der Waals surface area contributed by atoms with Crippen LogP contribution in [0.5, 0.6) is 0 Å². The summed E-state index contributed by atoms with van der Waals surface area (Å²) < 4.78 is 0. The Morgan fingerprint density at radius 2 is 1.82 bits per heavy atom. The van der Waals surface area contributed by atoms with E-state index in [4.69, 9.17) is 5.11 Å². The Morgan fingerprint density at radius 3 is 2.29 bits per heavy atom. The largest absolute Gasteiger partial charge is 0.478 e. The van der Waals surface area contributed by atoms with Crippen LogP contribution in [0.1, 0.15) is 25.0 Å². The molecular formula is C14H19NO2. The number of carbonyl (C=O) groups is 1. The maximum Gasteiger partial charge on any atom is 0.328 e. The van der Waals surface area contributed by atoms with E-state index in [0.717, 1.165) is 31.3 Å². The van der Waals surface area contributed by atoms with E-state index in [-0.39, 0.29) is 0 Å². The molecule has 0 spiro atoms. The highest BCUT2D eigenvalue weighted by Gasteiger charge is 2.00. The summed E-state index contributed by atoms with van der Waals surface area (Å²) in [5, 5.41) is 8.52. The zero-order chi connectivity index (χ0) is 12.7. The molecule has 0 radical (unpaired) electrons. The average molecular weight is 233 g/mol. The molecule has 3 heteroatoms. The lowest BCUT2D eigenvalue weighted by Crippen LogP contribution is -2.21. The summed E-state index contributed by atoms with van der Waals surface area (Å²) in [7, 11) is 0. The lowest BCUT2D eigenvalue weighted by atomic mass is 10.1. The third-order valence-electron chi connectivity index (χ3n) is 2.70. The second kappa shape index (κ2) is 6.86. The van der Waals surface area contributed by atoms with Crippen LogP contribution in [0.15, 0.2) is 30.3 Å². The van der Waals surface area contributed by atoms with Crippen molar-refractivity contribution in [1.82, 2.24) is 4.90 Å². The van der Waals surface area contributed by atoms with Gasteiger partial charge in [0.05, 0.1) is 0 Å². The predicted molar refractivity (Wildman–Crippen MR) is 69.7 cm³/mol. The predicted octanol–water partition coefficient (Wildman–Crippen LogP) is 2.63. The van der Waals surface area contributed by atoms with Gasteiger partial charge in [-0.15, -0.1) is 0 Å². The van der Waals surface area contributed by atoms with Crippen molar-refractivity contribution in [3.63, 3.8) is 0 Å². The highest BCUT2D eigenvalue weighted by atomic mass is 16.4. The molecule has 0 atom stereocenters. The molecule has 1 rings (SSSR count). The van der Waals surface area contributed by atoms with Crippen LogP contribution in [0, 0.1) is 0 Å². The number of hydrogen-bond acceptors (Lipinski definition) is 2. The minimum Gasteiger partial charge on any atom is -0.478 e. The number of rotatable bonds is 6. The normalized spacial score (nSPS) is 11.2. The molecule has 1 N–H and O–H groups in total. The quantitative estimate of drug-likeness (QED) is 0.768. The molecule has 0 fully saturated rings. The van der Waals surface area contributed by atoms with Gasteiger partial charge < -0.3 is 5.11 Å². The third kappa shape index (κ3) is 4.83. The molecule has 0 aliphatic carbocycles. The van der Waals surface area contributed by atoms with Crippen molar-refractivity contribution in [2.75, 3.05) is 13.1 Å². The first-order valence-electron chi connectivity index (χ1n) is 5.88. The molecule has 17 heavy (non-hydrogen) atoms. The fraction of sp³-hybridized carbons (Fsp3) is 0.357. The van der Waals surface area contributed by atoms with E-state index < -0.39 is 5.97 Å². The van der Waals surface area contributed by atoms with Crippen LogP contribution in [0.25, 0.3) is 6.08 Å². The van der Waals surface area contributed by atoms with Gasteiger partial charge in [-0.2, -0.15) is 0 Å². The van der Waals surface area contributed by atoms with E-state index in [1.54, 1.807) is 6.08 Å². The third-order valence-corrected chi connectivity index (χ3v) is 2.70.